The van der Waals surface area contributed by atoms with Crippen LogP contribution in [0, 0.1) is 0 Å². The first-order chi connectivity index (χ1) is 9.93. The molecular formula is C16H20N2O3. The van der Waals surface area contributed by atoms with E-state index in [0.717, 1.165) is 5.56 Å². The summed E-state index contributed by atoms with van der Waals surface area (Å²) in [4.78, 5) is 23.7. The van der Waals surface area contributed by atoms with Crippen LogP contribution in [0.1, 0.15) is 42.7 Å². The largest absolute Gasteiger partial charge is 0.496 e. The highest BCUT2D eigenvalue weighted by Gasteiger charge is 2.11. The van der Waals surface area contributed by atoms with E-state index in [1.165, 1.54) is 6.92 Å². The van der Waals surface area contributed by atoms with Gasteiger partial charge in [-0.25, -0.2) is 4.79 Å². The summed E-state index contributed by atoms with van der Waals surface area (Å²) in [7, 11) is 1.58. The lowest BCUT2D eigenvalue weighted by atomic mass is 10.1. The van der Waals surface area contributed by atoms with Gasteiger partial charge in [-0.1, -0.05) is 0 Å². The third-order valence-corrected chi connectivity index (χ3v) is 3.46. The first-order valence-electron chi connectivity index (χ1n) is 6.89. The number of aromatic nitrogens is 2. The molecule has 0 aliphatic rings. The van der Waals surface area contributed by atoms with Gasteiger partial charge < -0.3 is 4.74 Å². The number of methoxy groups -OCH3 is 1. The lowest BCUT2D eigenvalue weighted by Gasteiger charge is -2.10. The van der Waals surface area contributed by atoms with Crippen LogP contribution < -0.4 is 10.4 Å². The van der Waals surface area contributed by atoms with E-state index < -0.39 is 0 Å². The number of hydrogen-bond acceptors (Lipinski definition) is 3. The number of hydrogen-bond donors (Lipinski definition) is 0. The van der Waals surface area contributed by atoms with Crippen molar-refractivity contribution in [1.82, 2.24) is 9.13 Å². The molecule has 0 amide bonds. The molecule has 0 N–H and O–H groups in total. The molecule has 1 aromatic carbocycles. The van der Waals surface area contributed by atoms with Gasteiger partial charge >= 0.3 is 5.69 Å². The molecule has 5 nitrogen and oxygen atoms in total. The summed E-state index contributed by atoms with van der Waals surface area (Å²) in [6, 6.07) is 5.38. The number of nitrogens with zero attached hydrogens (tertiary/aromatic N) is 2. The third-order valence-electron chi connectivity index (χ3n) is 3.46. The maximum atomic E-state index is 12.3. The zero-order chi connectivity index (χ0) is 15.6. The van der Waals surface area contributed by atoms with E-state index in [1.807, 2.05) is 13.8 Å². The van der Waals surface area contributed by atoms with Crippen molar-refractivity contribution in [2.24, 2.45) is 0 Å². The molecule has 0 saturated carbocycles. The van der Waals surface area contributed by atoms with Crippen LogP contribution in [0.5, 0.6) is 5.75 Å². The Bertz CT molecular complexity index is 711. The van der Waals surface area contributed by atoms with Gasteiger partial charge in [0.2, 0.25) is 0 Å². The molecule has 2 aromatic rings. The smallest absolute Gasteiger partial charge is 0.328 e. The molecule has 112 valence electrons. The predicted octanol–water partition coefficient (Wildman–Crippen LogP) is 2.49. The molecule has 0 bridgehead atoms. The van der Waals surface area contributed by atoms with Crippen LogP contribution in [0.15, 0.2) is 35.4 Å². The molecule has 0 fully saturated rings. The summed E-state index contributed by atoms with van der Waals surface area (Å²) < 4.78 is 8.59. The van der Waals surface area contributed by atoms with Crippen molar-refractivity contribution in [2.45, 2.75) is 33.4 Å². The van der Waals surface area contributed by atoms with Gasteiger partial charge in [-0.3, -0.25) is 13.9 Å². The van der Waals surface area contributed by atoms with Crippen LogP contribution in [0.25, 0.3) is 0 Å². The Morgan fingerprint density at radius 3 is 2.52 bits per heavy atom. The minimum atomic E-state index is -0.0692. The van der Waals surface area contributed by atoms with Crippen molar-refractivity contribution in [2.75, 3.05) is 7.11 Å². The number of carbonyl (C=O) groups is 1. The van der Waals surface area contributed by atoms with Gasteiger partial charge in [-0.2, -0.15) is 0 Å². The molecule has 0 radical (unpaired) electrons. The molecule has 1 heterocycles. The van der Waals surface area contributed by atoms with Gasteiger partial charge in [0, 0.05) is 29.6 Å². The second-order valence-corrected chi connectivity index (χ2v) is 5.29. The summed E-state index contributed by atoms with van der Waals surface area (Å²) in [5.41, 5.74) is 1.36. The Balaban J connectivity index is 2.41. The highest BCUT2D eigenvalue weighted by Crippen LogP contribution is 2.21. The number of carbonyl (C=O) groups excluding carboxylic acids is 1. The number of ketones is 1. The number of ether oxygens (including phenoxy) is 1. The van der Waals surface area contributed by atoms with Gasteiger partial charge in [0.05, 0.1) is 13.7 Å². The van der Waals surface area contributed by atoms with Crippen LogP contribution >= 0.6 is 0 Å². The quantitative estimate of drug-likeness (QED) is 0.794. The highest BCUT2D eigenvalue weighted by molar-refractivity contribution is 5.94. The topological polar surface area (TPSA) is 53.2 Å². The Morgan fingerprint density at radius 2 is 2.00 bits per heavy atom. The van der Waals surface area contributed by atoms with E-state index in [2.05, 4.69) is 0 Å². The van der Waals surface area contributed by atoms with Crippen LogP contribution in [0.4, 0.5) is 0 Å². The molecule has 2 rings (SSSR count). The van der Waals surface area contributed by atoms with Crippen LogP contribution in [0.2, 0.25) is 0 Å². The predicted molar refractivity (Wildman–Crippen MR) is 81.2 cm³/mol. The van der Waals surface area contributed by atoms with E-state index in [-0.39, 0.29) is 17.5 Å². The molecule has 0 spiro atoms. The van der Waals surface area contributed by atoms with E-state index in [4.69, 9.17) is 4.74 Å². The van der Waals surface area contributed by atoms with Gasteiger partial charge in [-0.15, -0.1) is 0 Å². The van der Waals surface area contributed by atoms with Crippen LogP contribution in [-0.2, 0) is 6.54 Å². The van der Waals surface area contributed by atoms with Crippen molar-refractivity contribution in [3.63, 3.8) is 0 Å². The maximum absolute atomic E-state index is 12.3. The van der Waals surface area contributed by atoms with E-state index >= 15 is 0 Å². The zero-order valence-electron chi connectivity index (χ0n) is 12.8. The zero-order valence-corrected chi connectivity index (χ0v) is 12.8. The fourth-order valence-corrected chi connectivity index (χ4v) is 2.25. The van der Waals surface area contributed by atoms with Crippen LogP contribution in [0.3, 0.4) is 0 Å². The Hall–Kier alpha value is -2.30. The van der Waals surface area contributed by atoms with Gasteiger partial charge in [0.25, 0.3) is 0 Å². The molecule has 0 aliphatic heterocycles. The third kappa shape index (κ3) is 3.07. The standard InChI is InChI=1S/C16H20N2O3/c1-11(2)18-8-7-17(16(18)20)10-14-9-13(12(3)19)5-6-15(14)21-4/h5-9,11H,10H2,1-4H3. The highest BCUT2D eigenvalue weighted by atomic mass is 16.5. The molecule has 0 unspecified atom stereocenters. The molecular weight excluding hydrogens is 268 g/mol. The maximum Gasteiger partial charge on any atom is 0.328 e. The normalized spacial score (nSPS) is 10.9. The molecule has 5 heteroatoms. The summed E-state index contributed by atoms with van der Waals surface area (Å²) in [5, 5.41) is 0. The minimum Gasteiger partial charge on any atom is -0.496 e. The summed E-state index contributed by atoms with van der Waals surface area (Å²) in [6.07, 6.45) is 3.52. The van der Waals surface area contributed by atoms with Gasteiger partial charge in [-0.05, 0) is 39.0 Å². The van der Waals surface area contributed by atoms with Crippen molar-refractivity contribution in [3.8, 4) is 5.75 Å². The fraction of sp³-hybridized carbons (Fsp3) is 0.375. The average Bonchev–Trinajstić information content (AvgIpc) is 2.80. The minimum absolute atomic E-state index is 0.00833. The van der Waals surface area contributed by atoms with Crippen molar-refractivity contribution in [1.29, 1.82) is 0 Å². The SMILES string of the molecule is COc1ccc(C(C)=O)cc1Cn1ccn(C(C)C)c1=O. The lowest BCUT2D eigenvalue weighted by molar-refractivity contribution is 0.101. The number of Topliss-reactive ketones (excluding diaryl/α,β-unsaturated/α-hetero) is 1. The van der Waals surface area contributed by atoms with Crippen molar-refractivity contribution < 1.29 is 9.53 Å². The number of imidazole rings is 1. The monoisotopic (exact) mass is 288 g/mol. The van der Waals surface area contributed by atoms with Crippen molar-refractivity contribution >= 4 is 5.78 Å². The summed E-state index contributed by atoms with van der Waals surface area (Å²) in [6.45, 7) is 5.82. The number of rotatable bonds is 5. The Labute approximate surface area is 123 Å². The Kier molecular flexibility index (Phi) is 4.31. The second-order valence-electron chi connectivity index (χ2n) is 5.29. The first kappa shape index (κ1) is 15.1. The van der Waals surface area contributed by atoms with E-state index in [0.29, 0.717) is 17.9 Å². The number of benzene rings is 1. The summed E-state index contributed by atoms with van der Waals surface area (Å²) in [5.74, 6) is 0.662. The molecule has 21 heavy (non-hydrogen) atoms. The van der Waals surface area contributed by atoms with Crippen LogP contribution in [-0.4, -0.2) is 22.0 Å². The lowest BCUT2D eigenvalue weighted by Crippen LogP contribution is -2.25. The molecule has 1 aromatic heterocycles. The molecule has 0 saturated heterocycles. The average molecular weight is 288 g/mol. The van der Waals surface area contributed by atoms with Gasteiger partial charge in [0.15, 0.2) is 5.78 Å². The fourth-order valence-electron chi connectivity index (χ4n) is 2.25. The van der Waals surface area contributed by atoms with E-state index in [9.17, 15) is 9.59 Å². The summed E-state index contributed by atoms with van der Waals surface area (Å²) >= 11 is 0. The Morgan fingerprint density at radius 1 is 1.29 bits per heavy atom. The second kappa shape index (κ2) is 5.99. The molecule has 0 aliphatic carbocycles. The first-order valence-corrected chi connectivity index (χ1v) is 6.89. The van der Waals surface area contributed by atoms with E-state index in [1.54, 1.807) is 46.8 Å². The van der Waals surface area contributed by atoms with Gasteiger partial charge in [0.1, 0.15) is 5.75 Å². The molecule has 0 atom stereocenters. The van der Waals surface area contributed by atoms with Crippen molar-refractivity contribution in [3.05, 3.63) is 52.2 Å².